The lowest BCUT2D eigenvalue weighted by molar-refractivity contribution is 0.140. The minimum Gasteiger partial charge on any atom is -0.192 e. The molecule has 2 aliphatic carbocycles. The maximum absolute atomic E-state index is 8.92. The highest BCUT2D eigenvalue weighted by atomic mass is 14.4. The van der Waals surface area contributed by atoms with Crippen LogP contribution < -0.4 is 0 Å². The molecule has 1 nitrogen and oxygen atoms in total. The third-order valence-corrected chi connectivity index (χ3v) is 7.84. The molecule has 2 saturated carbocycles. The van der Waals surface area contributed by atoms with Gasteiger partial charge in [0.15, 0.2) is 0 Å². The summed E-state index contributed by atoms with van der Waals surface area (Å²) in [4.78, 5) is 0. The highest BCUT2D eigenvalue weighted by molar-refractivity contribution is 5.31. The van der Waals surface area contributed by atoms with E-state index in [-0.39, 0.29) is 0 Å². The summed E-state index contributed by atoms with van der Waals surface area (Å²) in [5.74, 6) is 4.07. The van der Waals surface area contributed by atoms with Crippen LogP contribution >= 0.6 is 0 Å². The van der Waals surface area contributed by atoms with E-state index in [2.05, 4.69) is 25.1 Å². The van der Waals surface area contributed by atoms with Crippen molar-refractivity contribution in [3.63, 3.8) is 0 Å². The molecule has 0 heterocycles. The van der Waals surface area contributed by atoms with Crippen LogP contribution in [0.4, 0.5) is 0 Å². The van der Waals surface area contributed by atoms with Crippen molar-refractivity contribution in [1.29, 1.82) is 5.26 Å². The van der Waals surface area contributed by atoms with E-state index in [9.17, 15) is 0 Å². The smallest absolute Gasteiger partial charge is 0.0991 e. The second kappa shape index (κ2) is 11.6. The van der Waals surface area contributed by atoms with Gasteiger partial charge >= 0.3 is 0 Å². The molecule has 2 aliphatic rings. The number of benzene rings is 1. The molecule has 2 fully saturated rings. The number of nitriles is 1. The van der Waals surface area contributed by atoms with Gasteiger partial charge in [0, 0.05) is 0 Å². The molecule has 0 bridgehead atoms. The topological polar surface area (TPSA) is 23.8 Å². The standard InChI is InChI=1S/C27H41N/c1-2-3-4-5-6-22-13-17-26(18-14-22)27-19-15-24(16-20-27)8-7-23-9-11-25(21-28)12-10-23/h9-12,22,24,26-27H,2-8,13-20H2,1H3. The summed E-state index contributed by atoms with van der Waals surface area (Å²) in [6.07, 6.45) is 21.8. The first-order chi connectivity index (χ1) is 13.8. The first kappa shape index (κ1) is 21.4. The molecule has 154 valence electrons. The van der Waals surface area contributed by atoms with Gasteiger partial charge in [-0.2, -0.15) is 5.26 Å². The average Bonchev–Trinajstić information content (AvgIpc) is 2.76. The number of hydrogen-bond donors (Lipinski definition) is 0. The van der Waals surface area contributed by atoms with Crippen LogP contribution in [0, 0.1) is 35.0 Å². The molecule has 1 aromatic rings. The van der Waals surface area contributed by atoms with Gasteiger partial charge in [-0.25, -0.2) is 0 Å². The van der Waals surface area contributed by atoms with E-state index in [0.717, 1.165) is 29.2 Å². The third-order valence-electron chi connectivity index (χ3n) is 7.84. The van der Waals surface area contributed by atoms with Crippen LogP contribution in [-0.4, -0.2) is 0 Å². The van der Waals surface area contributed by atoms with Gasteiger partial charge in [0.2, 0.25) is 0 Å². The molecule has 0 aromatic heterocycles. The number of hydrogen-bond acceptors (Lipinski definition) is 1. The van der Waals surface area contributed by atoms with Crippen molar-refractivity contribution in [2.24, 2.45) is 23.7 Å². The van der Waals surface area contributed by atoms with Crippen molar-refractivity contribution in [2.45, 2.75) is 103 Å². The van der Waals surface area contributed by atoms with Crippen LogP contribution in [0.5, 0.6) is 0 Å². The van der Waals surface area contributed by atoms with Crippen LogP contribution in [0.2, 0.25) is 0 Å². The number of unbranched alkanes of at least 4 members (excludes halogenated alkanes) is 3. The minimum absolute atomic E-state index is 0.778. The minimum atomic E-state index is 0.778. The zero-order chi connectivity index (χ0) is 19.6. The molecule has 0 saturated heterocycles. The summed E-state index contributed by atoms with van der Waals surface area (Å²) in [6, 6.07) is 10.4. The fraction of sp³-hybridized carbons (Fsp3) is 0.741. The summed E-state index contributed by atoms with van der Waals surface area (Å²) in [7, 11) is 0. The van der Waals surface area contributed by atoms with Gasteiger partial charge in [0.05, 0.1) is 11.6 Å². The van der Waals surface area contributed by atoms with Crippen LogP contribution in [-0.2, 0) is 6.42 Å². The van der Waals surface area contributed by atoms with Gasteiger partial charge in [-0.1, -0.05) is 76.8 Å². The zero-order valence-electron chi connectivity index (χ0n) is 18.2. The molecule has 0 aliphatic heterocycles. The Labute approximate surface area is 173 Å². The van der Waals surface area contributed by atoms with Crippen LogP contribution in [0.15, 0.2) is 24.3 Å². The molecule has 0 N–H and O–H groups in total. The van der Waals surface area contributed by atoms with E-state index in [4.69, 9.17) is 5.26 Å². The molecule has 0 radical (unpaired) electrons. The lowest BCUT2D eigenvalue weighted by Gasteiger charge is -2.38. The first-order valence-electron chi connectivity index (χ1n) is 12.3. The number of aryl methyl sites for hydroxylation is 1. The molecule has 28 heavy (non-hydrogen) atoms. The lowest BCUT2D eigenvalue weighted by atomic mass is 9.68. The van der Waals surface area contributed by atoms with E-state index in [1.165, 1.54) is 102 Å². The summed E-state index contributed by atoms with van der Waals surface area (Å²) < 4.78 is 0. The average molecular weight is 380 g/mol. The fourth-order valence-electron chi connectivity index (χ4n) is 5.87. The van der Waals surface area contributed by atoms with Gasteiger partial charge < -0.3 is 0 Å². The molecular weight excluding hydrogens is 338 g/mol. The molecule has 0 spiro atoms. The summed E-state index contributed by atoms with van der Waals surface area (Å²) in [5.41, 5.74) is 2.18. The lowest BCUT2D eigenvalue weighted by Crippen LogP contribution is -2.26. The van der Waals surface area contributed by atoms with Gasteiger partial charge in [-0.15, -0.1) is 0 Å². The van der Waals surface area contributed by atoms with E-state index in [1.807, 2.05) is 12.1 Å². The van der Waals surface area contributed by atoms with Gasteiger partial charge in [-0.05, 0) is 79.9 Å². The fourth-order valence-corrected chi connectivity index (χ4v) is 5.87. The Balaban J connectivity index is 1.30. The summed E-state index contributed by atoms with van der Waals surface area (Å²) in [6.45, 7) is 2.31. The predicted molar refractivity (Wildman–Crippen MR) is 119 cm³/mol. The van der Waals surface area contributed by atoms with Crippen molar-refractivity contribution < 1.29 is 0 Å². The third kappa shape index (κ3) is 6.65. The quantitative estimate of drug-likeness (QED) is 0.398. The Morgan fingerprint density at radius 1 is 0.750 bits per heavy atom. The Kier molecular flexibility index (Phi) is 8.91. The van der Waals surface area contributed by atoms with Crippen LogP contribution in [0.3, 0.4) is 0 Å². The maximum Gasteiger partial charge on any atom is 0.0991 e. The molecule has 3 rings (SSSR count). The SMILES string of the molecule is CCCCCCC1CCC(C2CCC(CCc3ccc(C#N)cc3)CC2)CC1. The Morgan fingerprint density at radius 3 is 1.86 bits per heavy atom. The van der Waals surface area contributed by atoms with Crippen molar-refractivity contribution in [2.75, 3.05) is 0 Å². The van der Waals surface area contributed by atoms with E-state index >= 15 is 0 Å². The highest BCUT2D eigenvalue weighted by Gasteiger charge is 2.30. The monoisotopic (exact) mass is 379 g/mol. The van der Waals surface area contributed by atoms with Crippen LogP contribution in [0.1, 0.15) is 108 Å². The second-order valence-corrected chi connectivity index (χ2v) is 9.76. The second-order valence-electron chi connectivity index (χ2n) is 9.76. The van der Waals surface area contributed by atoms with Gasteiger partial charge in [-0.3, -0.25) is 0 Å². The zero-order valence-corrected chi connectivity index (χ0v) is 18.2. The summed E-state index contributed by atoms with van der Waals surface area (Å²) in [5, 5.41) is 8.92. The van der Waals surface area contributed by atoms with Gasteiger partial charge in [0.1, 0.15) is 0 Å². The van der Waals surface area contributed by atoms with Crippen LogP contribution in [0.25, 0.3) is 0 Å². The highest BCUT2D eigenvalue weighted by Crippen LogP contribution is 2.43. The molecule has 0 amide bonds. The molecule has 1 aromatic carbocycles. The van der Waals surface area contributed by atoms with Crippen molar-refractivity contribution in [3.05, 3.63) is 35.4 Å². The first-order valence-corrected chi connectivity index (χ1v) is 12.3. The normalized spacial score (nSPS) is 28.0. The summed E-state index contributed by atoms with van der Waals surface area (Å²) >= 11 is 0. The molecule has 0 unspecified atom stereocenters. The number of nitrogens with zero attached hydrogens (tertiary/aromatic N) is 1. The molecule has 1 heteroatoms. The Hall–Kier alpha value is -1.29. The molecule has 0 atom stereocenters. The van der Waals surface area contributed by atoms with Crippen molar-refractivity contribution >= 4 is 0 Å². The van der Waals surface area contributed by atoms with Gasteiger partial charge in [0.25, 0.3) is 0 Å². The predicted octanol–water partition coefficient (Wildman–Crippen LogP) is 8.07. The van der Waals surface area contributed by atoms with E-state index < -0.39 is 0 Å². The van der Waals surface area contributed by atoms with Crippen molar-refractivity contribution in [1.82, 2.24) is 0 Å². The maximum atomic E-state index is 8.92. The largest absolute Gasteiger partial charge is 0.192 e. The Morgan fingerprint density at radius 2 is 1.32 bits per heavy atom. The molecular formula is C27H41N. The number of rotatable bonds is 9. The van der Waals surface area contributed by atoms with Crippen molar-refractivity contribution in [3.8, 4) is 6.07 Å². The Bertz CT molecular complexity index is 580. The van der Waals surface area contributed by atoms with E-state index in [1.54, 1.807) is 0 Å². The van der Waals surface area contributed by atoms with E-state index in [0.29, 0.717) is 0 Å².